The molecule has 1 fully saturated rings. The molecule has 0 radical (unpaired) electrons. The molecule has 2 atom stereocenters. The third kappa shape index (κ3) is 3.02. The molecule has 0 aliphatic heterocycles. The molecule has 0 amide bonds. The van der Waals surface area contributed by atoms with E-state index in [1.165, 1.54) is 6.07 Å². The predicted octanol–water partition coefficient (Wildman–Crippen LogP) is 2.68. The van der Waals surface area contributed by atoms with Crippen molar-refractivity contribution < 1.29 is 13.2 Å². The van der Waals surface area contributed by atoms with Crippen LogP contribution in [-0.2, 0) is 6.18 Å². The number of hydrogen-bond acceptors (Lipinski definition) is 4. The van der Waals surface area contributed by atoms with Gasteiger partial charge in [0, 0.05) is 12.1 Å². The Morgan fingerprint density at radius 2 is 2.06 bits per heavy atom. The Morgan fingerprint density at radius 1 is 1.33 bits per heavy atom. The van der Waals surface area contributed by atoms with Crippen molar-refractivity contribution in [2.45, 2.75) is 38.4 Å². The zero-order valence-corrected chi connectivity index (χ0v) is 9.96. The molecule has 1 aliphatic carbocycles. The Balaban J connectivity index is 2.15. The second kappa shape index (κ2) is 4.62. The van der Waals surface area contributed by atoms with Crippen LogP contribution in [0.4, 0.5) is 24.8 Å². The number of nitrogens with zero attached hydrogens (tertiary/aromatic N) is 2. The average molecular weight is 260 g/mol. The molecule has 1 aliphatic rings. The van der Waals surface area contributed by atoms with Crippen molar-refractivity contribution >= 4 is 11.6 Å². The first kappa shape index (κ1) is 12.9. The van der Waals surface area contributed by atoms with E-state index in [0.29, 0.717) is 5.92 Å². The largest absolute Gasteiger partial charge is 0.451 e. The monoisotopic (exact) mass is 260 g/mol. The van der Waals surface area contributed by atoms with E-state index in [4.69, 9.17) is 5.73 Å². The van der Waals surface area contributed by atoms with E-state index in [1.807, 2.05) is 0 Å². The first-order valence-electron chi connectivity index (χ1n) is 5.83. The normalized spacial score (nSPS) is 24.2. The third-order valence-electron chi connectivity index (χ3n) is 3.05. The summed E-state index contributed by atoms with van der Waals surface area (Å²) in [6.45, 7) is 2.12. The van der Waals surface area contributed by atoms with Crippen LogP contribution >= 0.6 is 0 Å². The number of anilines is 2. The minimum absolute atomic E-state index is 0.147. The van der Waals surface area contributed by atoms with E-state index in [0.717, 1.165) is 19.3 Å². The lowest BCUT2D eigenvalue weighted by Gasteiger charge is -2.14. The summed E-state index contributed by atoms with van der Waals surface area (Å²) in [6, 6.07) is 1.49. The molecule has 1 saturated carbocycles. The summed E-state index contributed by atoms with van der Waals surface area (Å²) in [7, 11) is 0. The highest BCUT2D eigenvalue weighted by Crippen LogP contribution is 2.30. The summed E-state index contributed by atoms with van der Waals surface area (Å²) in [6.07, 6.45) is -1.63. The first-order valence-corrected chi connectivity index (χ1v) is 5.83. The van der Waals surface area contributed by atoms with E-state index in [1.54, 1.807) is 0 Å². The van der Waals surface area contributed by atoms with Gasteiger partial charge in [-0.2, -0.15) is 13.2 Å². The zero-order chi connectivity index (χ0) is 13.3. The van der Waals surface area contributed by atoms with Gasteiger partial charge in [0.25, 0.3) is 0 Å². The van der Waals surface area contributed by atoms with Crippen molar-refractivity contribution in [3.63, 3.8) is 0 Å². The number of aromatic nitrogens is 2. The van der Waals surface area contributed by atoms with Gasteiger partial charge in [0.1, 0.15) is 11.6 Å². The number of alkyl halides is 3. The molecular formula is C11H15F3N4. The van der Waals surface area contributed by atoms with Gasteiger partial charge in [-0.15, -0.1) is 0 Å². The molecule has 2 rings (SSSR count). The molecular weight excluding hydrogens is 245 g/mol. The van der Waals surface area contributed by atoms with E-state index in [9.17, 15) is 13.2 Å². The molecule has 0 spiro atoms. The molecule has 3 N–H and O–H groups in total. The van der Waals surface area contributed by atoms with Crippen molar-refractivity contribution in [1.82, 2.24) is 9.97 Å². The van der Waals surface area contributed by atoms with Crippen LogP contribution < -0.4 is 11.1 Å². The van der Waals surface area contributed by atoms with Crippen molar-refractivity contribution in [3.8, 4) is 0 Å². The molecule has 4 nitrogen and oxygen atoms in total. The number of rotatable bonds is 2. The van der Waals surface area contributed by atoms with Gasteiger partial charge in [0.05, 0.1) is 0 Å². The molecule has 1 aromatic rings. The molecule has 100 valence electrons. The summed E-state index contributed by atoms with van der Waals surface area (Å²) in [4.78, 5) is 6.66. The van der Waals surface area contributed by atoms with E-state index < -0.39 is 12.0 Å². The summed E-state index contributed by atoms with van der Waals surface area (Å²) in [5.41, 5.74) is 5.37. The van der Waals surface area contributed by atoms with Crippen LogP contribution in [-0.4, -0.2) is 16.0 Å². The number of halogens is 3. The lowest BCUT2D eigenvalue weighted by molar-refractivity contribution is -0.144. The fraction of sp³-hybridized carbons (Fsp3) is 0.636. The third-order valence-corrected chi connectivity index (χ3v) is 3.05. The van der Waals surface area contributed by atoms with Crippen LogP contribution in [0.3, 0.4) is 0 Å². The minimum atomic E-state index is -4.57. The van der Waals surface area contributed by atoms with Gasteiger partial charge in [-0.25, -0.2) is 9.97 Å². The van der Waals surface area contributed by atoms with E-state index in [2.05, 4.69) is 22.2 Å². The summed E-state index contributed by atoms with van der Waals surface area (Å²) < 4.78 is 37.5. The van der Waals surface area contributed by atoms with Crippen LogP contribution in [0, 0.1) is 5.92 Å². The average Bonchev–Trinajstić information content (AvgIpc) is 2.61. The Kier molecular flexibility index (Phi) is 3.32. The van der Waals surface area contributed by atoms with Gasteiger partial charge >= 0.3 is 6.18 Å². The fourth-order valence-electron chi connectivity index (χ4n) is 2.21. The minimum Gasteiger partial charge on any atom is -0.384 e. The lowest BCUT2D eigenvalue weighted by atomic mass is 10.1. The van der Waals surface area contributed by atoms with E-state index in [-0.39, 0.29) is 17.7 Å². The number of nitrogens with one attached hydrogen (secondary N) is 1. The van der Waals surface area contributed by atoms with Gasteiger partial charge < -0.3 is 11.1 Å². The first-order chi connectivity index (χ1) is 8.34. The highest BCUT2D eigenvalue weighted by atomic mass is 19.4. The second-order valence-electron chi connectivity index (χ2n) is 4.76. The van der Waals surface area contributed by atoms with Crippen molar-refractivity contribution in [2.24, 2.45) is 5.92 Å². The molecule has 7 heteroatoms. The smallest absolute Gasteiger partial charge is 0.384 e. The standard InChI is InChI=1S/C11H15F3N4/c1-6-2-3-7(4-6)16-9-5-8(15)17-10(18-9)11(12,13)14/h5-7H,2-4H2,1H3,(H3,15,16,17,18). The van der Waals surface area contributed by atoms with Crippen LogP contribution in [0.1, 0.15) is 32.0 Å². The maximum atomic E-state index is 12.5. The molecule has 18 heavy (non-hydrogen) atoms. The topological polar surface area (TPSA) is 63.8 Å². The van der Waals surface area contributed by atoms with Crippen molar-refractivity contribution in [1.29, 1.82) is 0 Å². The van der Waals surface area contributed by atoms with Crippen molar-refractivity contribution in [2.75, 3.05) is 11.1 Å². The van der Waals surface area contributed by atoms with Gasteiger partial charge in [0.2, 0.25) is 5.82 Å². The Bertz CT molecular complexity index is 433. The summed E-state index contributed by atoms with van der Waals surface area (Å²) >= 11 is 0. The molecule has 0 bridgehead atoms. The Hall–Kier alpha value is -1.53. The number of nitrogen functional groups attached to an aromatic ring is 1. The Labute approximate surface area is 103 Å². The fourth-order valence-corrected chi connectivity index (χ4v) is 2.21. The quantitative estimate of drug-likeness (QED) is 0.858. The van der Waals surface area contributed by atoms with Gasteiger partial charge in [-0.3, -0.25) is 0 Å². The van der Waals surface area contributed by atoms with Crippen LogP contribution in [0.2, 0.25) is 0 Å². The van der Waals surface area contributed by atoms with E-state index >= 15 is 0 Å². The Morgan fingerprint density at radius 3 is 2.61 bits per heavy atom. The highest BCUT2D eigenvalue weighted by molar-refractivity contribution is 5.45. The maximum absolute atomic E-state index is 12.5. The zero-order valence-electron chi connectivity index (χ0n) is 9.96. The van der Waals surface area contributed by atoms with Gasteiger partial charge in [0.15, 0.2) is 0 Å². The maximum Gasteiger partial charge on any atom is 0.451 e. The molecule has 1 heterocycles. The number of hydrogen-bond donors (Lipinski definition) is 2. The molecule has 2 unspecified atom stereocenters. The van der Waals surface area contributed by atoms with Gasteiger partial charge in [-0.05, 0) is 25.2 Å². The van der Waals surface area contributed by atoms with Crippen molar-refractivity contribution in [3.05, 3.63) is 11.9 Å². The summed E-state index contributed by atoms with van der Waals surface area (Å²) in [5.74, 6) is -0.639. The van der Waals surface area contributed by atoms with Crippen LogP contribution in [0.25, 0.3) is 0 Å². The SMILES string of the molecule is CC1CCC(Nc2cc(N)nc(C(F)(F)F)n2)C1. The predicted molar refractivity (Wildman–Crippen MR) is 61.9 cm³/mol. The molecule has 1 aromatic heterocycles. The summed E-state index contributed by atoms with van der Waals surface area (Å²) in [5, 5.41) is 2.99. The second-order valence-corrected chi connectivity index (χ2v) is 4.76. The highest BCUT2D eigenvalue weighted by Gasteiger charge is 2.35. The van der Waals surface area contributed by atoms with Gasteiger partial charge in [-0.1, -0.05) is 6.92 Å². The van der Waals surface area contributed by atoms with Crippen LogP contribution in [0.15, 0.2) is 6.07 Å². The van der Waals surface area contributed by atoms with Crippen LogP contribution in [0.5, 0.6) is 0 Å². The molecule has 0 aromatic carbocycles. The number of nitrogens with two attached hydrogens (primary N) is 1. The molecule has 0 saturated heterocycles. The lowest BCUT2D eigenvalue weighted by Crippen LogP contribution is -2.19.